The van der Waals surface area contributed by atoms with E-state index in [2.05, 4.69) is 13.8 Å². The Hall–Kier alpha value is -1.12. The van der Waals surface area contributed by atoms with Crippen molar-refractivity contribution in [3.05, 3.63) is 11.3 Å². The van der Waals surface area contributed by atoms with Crippen molar-refractivity contribution < 1.29 is 14.7 Å². The SMILES string of the molecule is C[C@@]12CCC[C@H]1[C@@H]1C(=O)CC3=C(O)C(=O)CC[C@]3(C)[C@H]1CC2. The fraction of sp³-hybridized carbons (Fsp3) is 0.789. The molecule has 0 aliphatic heterocycles. The Morgan fingerprint density at radius 1 is 1.05 bits per heavy atom. The molecule has 3 heteroatoms. The van der Waals surface area contributed by atoms with Crippen molar-refractivity contribution in [2.24, 2.45) is 28.6 Å². The fourth-order valence-electron chi connectivity index (χ4n) is 6.36. The summed E-state index contributed by atoms with van der Waals surface area (Å²) >= 11 is 0. The number of allylic oxidation sites excluding steroid dienone is 1. The van der Waals surface area contributed by atoms with E-state index in [1.807, 2.05) is 0 Å². The molecule has 4 rings (SSSR count). The average Bonchev–Trinajstić information content (AvgIpc) is 2.87. The Kier molecular flexibility index (Phi) is 2.93. The smallest absolute Gasteiger partial charge is 0.197 e. The predicted molar refractivity (Wildman–Crippen MR) is 83.3 cm³/mol. The molecular formula is C19H26O3. The van der Waals surface area contributed by atoms with E-state index in [0.717, 1.165) is 18.4 Å². The highest BCUT2D eigenvalue weighted by molar-refractivity contribution is 5.97. The van der Waals surface area contributed by atoms with Gasteiger partial charge in [-0.2, -0.15) is 0 Å². The third kappa shape index (κ3) is 1.68. The van der Waals surface area contributed by atoms with Crippen LogP contribution in [-0.4, -0.2) is 16.7 Å². The molecule has 0 amide bonds. The first kappa shape index (κ1) is 14.5. The molecular weight excluding hydrogens is 276 g/mol. The minimum atomic E-state index is -0.166. The van der Waals surface area contributed by atoms with E-state index in [4.69, 9.17) is 0 Å². The van der Waals surface area contributed by atoms with Crippen LogP contribution in [0.25, 0.3) is 0 Å². The van der Waals surface area contributed by atoms with E-state index in [1.54, 1.807) is 0 Å². The molecule has 0 aromatic heterocycles. The normalized spacial score (nSPS) is 48.0. The van der Waals surface area contributed by atoms with Gasteiger partial charge >= 0.3 is 0 Å². The number of rotatable bonds is 0. The van der Waals surface area contributed by atoms with Crippen LogP contribution in [0.3, 0.4) is 0 Å². The molecule has 120 valence electrons. The van der Waals surface area contributed by atoms with Crippen molar-refractivity contribution in [2.45, 2.75) is 65.2 Å². The van der Waals surface area contributed by atoms with Gasteiger partial charge in [-0.05, 0) is 60.3 Å². The van der Waals surface area contributed by atoms with Crippen molar-refractivity contribution in [1.82, 2.24) is 0 Å². The molecule has 0 spiro atoms. The van der Waals surface area contributed by atoms with Crippen LogP contribution in [0.5, 0.6) is 0 Å². The lowest BCUT2D eigenvalue weighted by atomic mass is 9.47. The quantitative estimate of drug-likeness (QED) is 0.736. The molecule has 0 aromatic rings. The van der Waals surface area contributed by atoms with Crippen LogP contribution >= 0.6 is 0 Å². The number of carbonyl (C=O) groups excluding carboxylic acids is 2. The second-order valence-electron chi connectivity index (χ2n) is 8.63. The summed E-state index contributed by atoms with van der Waals surface area (Å²) in [6.07, 6.45) is 7.52. The molecule has 4 aliphatic rings. The Labute approximate surface area is 132 Å². The number of ketones is 2. The average molecular weight is 302 g/mol. The Morgan fingerprint density at radius 3 is 2.59 bits per heavy atom. The lowest BCUT2D eigenvalue weighted by molar-refractivity contribution is -0.140. The second-order valence-corrected chi connectivity index (χ2v) is 8.63. The maximum absolute atomic E-state index is 12.9. The number of fused-ring (bicyclic) bond motifs is 5. The molecule has 0 saturated heterocycles. The summed E-state index contributed by atoms with van der Waals surface area (Å²) in [7, 11) is 0. The summed E-state index contributed by atoms with van der Waals surface area (Å²) < 4.78 is 0. The van der Waals surface area contributed by atoms with Gasteiger partial charge in [0.1, 0.15) is 5.78 Å². The van der Waals surface area contributed by atoms with Crippen molar-refractivity contribution >= 4 is 11.6 Å². The lowest BCUT2D eigenvalue weighted by Crippen LogP contribution is -2.53. The molecule has 0 bridgehead atoms. The highest BCUT2D eigenvalue weighted by atomic mass is 16.3. The Bertz CT molecular complexity index is 589. The van der Waals surface area contributed by atoms with Gasteiger partial charge < -0.3 is 5.11 Å². The van der Waals surface area contributed by atoms with E-state index >= 15 is 0 Å². The monoisotopic (exact) mass is 302 g/mol. The van der Waals surface area contributed by atoms with Gasteiger partial charge in [-0.3, -0.25) is 9.59 Å². The molecule has 0 aromatic carbocycles. The third-order valence-corrected chi connectivity index (χ3v) is 7.70. The zero-order valence-corrected chi connectivity index (χ0v) is 13.7. The first-order valence-corrected chi connectivity index (χ1v) is 8.85. The highest BCUT2D eigenvalue weighted by Crippen LogP contribution is 2.64. The van der Waals surface area contributed by atoms with Crippen molar-refractivity contribution in [2.75, 3.05) is 0 Å². The number of hydrogen-bond donors (Lipinski definition) is 1. The minimum absolute atomic E-state index is 0.0830. The van der Waals surface area contributed by atoms with Gasteiger partial charge in [0.2, 0.25) is 0 Å². The maximum atomic E-state index is 12.9. The van der Waals surface area contributed by atoms with Gasteiger partial charge in [-0.15, -0.1) is 0 Å². The minimum Gasteiger partial charge on any atom is -0.504 e. The summed E-state index contributed by atoms with van der Waals surface area (Å²) in [4.78, 5) is 24.8. The zero-order chi connectivity index (χ0) is 15.7. The summed E-state index contributed by atoms with van der Waals surface area (Å²) in [5, 5.41) is 10.3. The number of aliphatic hydroxyl groups excluding tert-OH is 1. The van der Waals surface area contributed by atoms with Gasteiger partial charge in [0.15, 0.2) is 11.5 Å². The van der Waals surface area contributed by atoms with Crippen LogP contribution in [0.2, 0.25) is 0 Å². The molecule has 5 atom stereocenters. The van der Waals surface area contributed by atoms with E-state index in [-0.39, 0.29) is 28.7 Å². The lowest BCUT2D eigenvalue weighted by Gasteiger charge is -2.56. The van der Waals surface area contributed by atoms with Gasteiger partial charge in [-0.1, -0.05) is 20.3 Å². The molecule has 3 fully saturated rings. The first-order chi connectivity index (χ1) is 10.4. The summed E-state index contributed by atoms with van der Waals surface area (Å²) in [5.74, 6) is 1.06. The molecule has 0 heterocycles. The Morgan fingerprint density at radius 2 is 1.82 bits per heavy atom. The van der Waals surface area contributed by atoms with E-state index in [9.17, 15) is 14.7 Å². The zero-order valence-electron chi connectivity index (χ0n) is 13.7. The molecule has 0 unspecified atom stereocenters. The highest BCUT2D eigenvalue weighted by Gasteiger charge is 2.60. The Balaban J connectivity index is 1.79. The molecule has 0 radical (unpaired) electrons. The van der Waals surface area contributed by atoms with Crippen molar-refractivity contribution in [3.63, 3.8) is 0 Å². The van der Waals surface area contributed by atoms with E-state index < -0.39 is 0 Å². The van der Waals surface area contributed by atoms with Gasteiger partial charge in [0.25, 0.3) is 0 Å². The topological polar surface area (TPSA) is 54.4 Å². The standard InChI is InChI=1S/C19H26O3/c1-18-7-3-4-11(18)16-12(5-8-18)19(2)9-6-14(20)17(22)13(19)10-15(16)21/h11-12,16,22H,3-10H2,1-2H3/t11-,12-,16-,18-,19+/m0/s1. The number of Topliss-reactive ketones (excluding diaryl/α,β-unsaturated/α-hetero) is 2. The molecule has 3 saturated carbocycles. The predicted octanol–water partition coefficient (Wildman–Crippen LogP) is 3.97. The van der Waals surface area contributed by atoms with Crippen LogP contribution in [0, 0.1) is 28.6 Å². The number of carbonyl (C=O) groups is 2. The summed E-state index contributed by atoms with van der Waals surface area (Å²) in [6.45, 7) is 4.58. The number of aliphatic hydroxyl groups is 1. The van der Waals surface area contributed by atoms with E-state index in [0.29, 0.717) is 30.1 Å². The molecule has 4 aliphatic carbocycles. The third-order valence-electron chi connectivity index (χ3n) is 7.70. The second kappa shape index (κ2) is 4.46. The maximum Gasteiger partial charge on any atom is 0.197 e. The van der Waals surface area contributed by atoms with Crippen LogP contribution in [0.4, 0.5) is 0 Å². The van der Waals surface area contributed by atoms with Crippen LogP contribution in [0.1, 0.15) is 65.2 Å². The summed E-state index contributed by atoms with van der Waals surface area (Å²) in [5.41, 5.74) is 0.970. The van der Waals surface area contributed by atoms with E-state index in [1.165, 1.54) is 25.7 Å². The molecule has 3 nitrogen and oxygen atoms in total. The van der Waals surface area contributed by atoms with Crippen LogP contribution in [0.15, 0.2) is 11.3 Å². The molecule has 1 N–H and O–H groups in total. The summed E-state index contributed by atoms with van der Waals surface area (Å²) in [6, 6.07) is 0. The van der Waals surface area contributed by atoms with Crippen molar-refractivity contribution in [1.29, 1.82) is 0 Å². The molecule has 22 heavy (non-hydrogen) atoms. The van der Waals surface area contributed by atoms with Crippen LogP contribution in [-0.2, 0) is 9.59 Å². The first-order valence-electron chi connectivity index (χ1n) is 8.85. The number of hydrogen-bond acceptors (Lipinski definition) is 3. The van der Waals surface area contributed by atoms with Gasteiger partial charge in [0, 0.05) is 18.8 Å². The van der Waals surface area contributed by atoms with Crippen LogP contribution < -0.4 is 0 Å². The largest absolute Gasteiger partial charge is 0.504 e. The van der Waals surface area contributed by atoms with Gasteiger partial charge in [-0.25, -0.2) is 0 Å². The van der Waals surface area contributed by atoms with Crippen molar-refractivity contribution in [3.8, 4) is 0 Å². The van der Waals surface area contributed by atoms with Gasteiger partial charge in [0.05, 0.1) is 0 Å². The fourth-order valence-corrected chi connectivity index (χ4v) is 6.36.